The number of methoxy groups -OCH3 is 1. The maximum absolute atomic E-state index is 12.9. The molecule has 1 aromatic rings. The van der Waals surface area contributed by atoms with Gasteiger partial charge in [0.1, 0.15) is 10.6 Å². The van der Waals surface area contributed by atoms with Crippen LogP contribution in [-0.4, -0.2) is 32.9 Å². The van der Waals surface area contributed by atoms with Crippen molar-refractivity contribution in [1.29, 1.82) is 0 Å². The summed E-state index contributed by atoms with van der Waals surface area (Å²) < 4.78 is 32.5. The first-order valence-corrected chi connectivity index (χ1v) is 8.64. The number of hydrogen-bond donors (Lipinski definition) is 0. The van der Waals surface area contributed by atoms with Crippen LogP contribution in [0.25, 0.3) is 0 Å². The molecule has 22 heavy (non-hydrogen) atoms. The maximum atomic E-state index is 12.9. The Kier molecular flexibility index (Phi) is 6.38. The molecule has 0 aromatic heterocycles. The predicted octanol–water partition coefficient (Wildman–Crippen LogP) is 3.49. The Morgan fingerprint density at radius 2 is 1.77 bits per heavy atom. The number of rotatable bonds is 8. The zero-order chi connectivity index (χ0) is 16.9. The second kappa shape index (κ2) is 7.61. The highest BCUT2D eigenvalue weighted by molar-refractivity contribution is 7.89. The molecule has 0 fully saturated rings. The molecule has 0 saturated heterocycles. The first-order chi connectivity index (χ1) is 10.3. The van der Waals surface area contributed by atoms with E-state index in [0.29, 0.717) is 5.75 Å². The average Bonchev–Trinajstić information content (AvgIpc) is 2.45. The van der Waals surface area contributed by atoms with Gasteiger partial charge in [-0.25, -0.2) is 8.42 Å². The molecule has 1 rings (SSSR count). The van der Waals surface area contributed by atoms with E-state index in [-0.39, 0.29) is 23.9 Å². The van der Waals surface area contributed by atoms with Gasteiger partial charge in [0.25, 0.3) is 0 Å². The van der Waals surface area contributed by atoms with E-state index in [4.69, 9.17) is 4.74 Å². The fourth-order valence-electron chi connectivity index (χ4n) is 2.36. The van der Waals surface area contributed by atoms with Crippen LogP contribution in [-0.2, 0) is 10.0 Å². The third kappa shape index (κ3) is 3.78. The van der Waals surface area contributed by atoms with Gasteiger partial charge in [-0.05, 0) is 36.1 Å². The Morgan fingerprint density at radius 3 is 2.18 bits per heavy atom. The van der Waals surface area contributed by atoms with Gasteiger partial charge in [-0.1, -0.05) is 26.0 Å². The van der Waals surface area contributed by atoms with Crippen molar-refractivity contribution < 1.29 is 13.2 Å². The first-order valence-electron chi connectivity index (χ1n) is 7.20. The standard InChI is InChI=1S/C17H25NO3S/c1-7-9-18(10-8-2)22(19,20)17-12-15(13(3)4)14(5)11-16(17)21-6/h7-8,11-13H,1-2,9-10H2,3-6H3. The van der Waals surface area contributed by atoms with Crippen LogP contribution < -0.4 is 4.74 Å². The highest BCUT2D eigenvalue weighted by Crippen LogP contribution is 2.32. The van der Waals surface area contributed by atoms with Gasteiger partial charge >= 0.3 is 0 Å². The Balaban J connectivity index is 3.53. The van der Waals surface area contributed by atoms with Crippen molar-refractivity contribution in [2.75, 3.05) is 20.2 Å². The molecule has 0 aliphatic heterocycles. The zero-order valence-corrected chi connectivity index (χ0v) is 14.6. The molecule has 0 aliphatic carbocycles. The van der Waals surface area contributed by atoms with Crippen LogP contribution in [0.15, 0.2) is 42.3 Å². The molecule has 0 saturated carbocycles. The van der Waals surface area contributed by atoms with E-state index in [9.17, 15) is 8.42 Å². The second-order valence-corrected chi connectivity index (χ2v) is 7.32. The molecular weight excluding hydrogens is 298 g/mol. The van der Waals surface area contributed by atoms with Crippen molar-refractivity contribution in [3.8, 4) is 5.75 Å². The van der Waals surface area contributed by atoms with Crippen molar-refractivity contribution in [3.05, 3.63) is 48.6 Å². The largest absolute Gasteiger partial charge is 0.495 e. The first kappa shape index (κ1) is 18.5. The summed E-state index contributed by atoms with van der Waals surface area (Å²) in [5.41, 5.74) is 2.02. The summed E-state index contributed by atoms with van der Waals surface area (Å²) >= 11 is 0. The van der Waals surface area contributed by atoms with Crippen LogP contribution >= 0.6 is 0 Å². The normalized spacial score (nSPS) is 11.7. The minimum atomic E-state index is -3.68. The van der Waals surface area contributed by atoms with Crippen LogP contribution in [0.2, 0.25) is 0 Å². The van der Waals surface area contributed by atoms with E-state index in [2.05, 4.69) is 13.2 Å². The lowest BCUT2D eigenvalue weighted by atomic mass is 9.98. The maximum Gasteiger partial charge on any atom is 0.247 e. The highest BCUT2D eigenvalue weighted by atomic mass is 32.2. The van der Waals surface area contributed by atoms with Crippen LogP contribution in [0.5, 0.6) is 5.75 Å². The Hall–Kier alpha value is -1.59. The van der Waals surface area contributed by atoms with Crippen LogP contribution in [0, 0.1) is 6.92 Å². The Labute approximate surface area is 134 Å². The fraction of sp³-hybridized carbons (Fsp3) is 0.412. The van der Waals surface area contributed by atoms with Crippen molar-refractivity contribution >= 4 is 10.0 Å². The van der Waals surface area contributed by atoms with E-state index in [1.54, 1.807) is 24.3 Å². The average molecular weight is 323 g/mol. The predicted molar refractivity (Wildman–Crippen MR) is 91.0 cm³/mol. The van der Waals surface area contributed by atoms with E-state index < -0.39 is 10.0 Å². The molecule has 4 nitrogen and oxygen atoms in total. The van der Waals surface area contributed by atoms with Gasteiger partial charge in [-0.15, -0.1) is 13.2 Å². The monoisotopic (exact) mass is 323 g/mol. The number of nitrogens with zero attached hydrogens (tertiary/aromatic N) is 1. The summed E-state index contributed by atoms with van der Waals surface area (Å²) in [5, 5.41) is 0. The smallest absolute Gasteiger partial charge is 0.247 e. The number of aryl methyl sites for hydroxylation is 1. The van der Waals surface area contributed by atoms with Gasteiger partial charge < -0.3 is 4.74 Å². The molecule has 0 aliphatic rings. The van der Waals surface area contributed by atoms with E-state index >= 15 is 0 Å². The van der Waals surface area contributed by atoms with Crippen LogP contribution in [0.1, 0.15) is 30.9 Å². The molecular formula is C17H25NO3S. The summed E-state index contributed by atoms with van der Waals surface area (Å²) in [6.45, 7) is 13.7. The molecule has 0 N–H and O–H groups in total. The van der Waals surface area contributed by atoms with Gasteiger partial charge in [0.2, 0.25) is 10.0 Å². The van der Waals surface area contributed by atoms with Gasteiger partial charge in [-0.3, -0.25) is 0 Å². The number of sulfonamides is 1. The minimum absolute atomic E-state index is 0.188. The second-order valence-electron chi connectivity index (χ2n) is 5.41. The Bertz CT molecular complexity index is 638. The fourth-order valence-corrected chi connectivity index (χ4v) is 3.91. The SMILES string of the molecule is C=CCN(CC=C)S(=O)(=O)c1cc(C(C)C)c(C)cc1OC. The number of hydrogen-bond acceptors (Lipinski definition) is 3. The molecule has 122 valence electrons. The molecule has 0 atom stereocenters. The number of benzene rings is 1. The molecule has 0 amide bonds. The van der Waals surface area contributed by atoms with Crippen molar-refractivity contribution in [1.82, 2.24) is 4.31 Å². The zero-order valence-electron chi connectivity index (χ0n) is 13.8. The summed E-state index contributed by atoms with van der Waals surface area (Å²) in [5.74, 6) is 0.590. The lowest BCUT2D eigenvalue weighted by Crippen LogP contribution is -2.31. The van der Waals surface area contributed by atoms with Gasteiger partial charge in [0.15, 0.2) is 0 Å². The minimum Gasteiger partial charge on any atom is -0.495 e. The lowest BCUT2D eigenvalue weighted by molar-refractivity contribution is 0.397. The molecule has 0 heterocycles. The van der Waals surface area contributed by atoms with E-state index in [1.165, 1.54) is 11.4 Å². The van der Waals surface area contributed by atoms with Crippen molar-refractivity contribution in [3.63, 3.8) is 0 Å². The summed E-state index contributed by atoms with van der Waals surface area (Å²) in [7, 11) is -2.19. The highest BCUT2D eigenvalue weighted by Gasteiger charge is 2.27. The third-order valence-corrected chi connectivity index (χ3v) is 5.31. The molecule has 0 unspecified atom stereocenters. The van der Waals surface area contributed by atoms with Crippen molar-refractivity contribution in [2.24, 2.45) is 0 Å². The lowest BCUT2D eigenvalue weighted by Gasteiger charge is -2.22. The summed E-state index contributed by atoms with van der Waals surface area (Å²) in [4.78, 5) is 0.188. The van der Waals surface area contributed by atoms with Gasteiger partial charge in [-0.2, -0.15) is 4.31 Å². The quantitative estimate of drug-likeness (QED) is 0.688. The molecule has 5 heteroatoms. The van der Waals surface area contributed by atoms with Crippen LogP contribution in [0.3, 0.4) is 0 Å². The van der Waals surface area contributed by atoms with E-state index in [0.717, 1.165) is 11.1 Å². The number of ether oxygens (including phenoxy) is 1. The molecule has 0 bridgehead atoms. The van der Waals surface area contributed by atoms with Gasteiger partial charge in [0, 0.05) is 13.1 Å². The molecule has 0 radical (unpaired) electrons. The Morgan fingerprint density at radius 1 is 1.23 bits per heavy atom. The van der Waals surface area contributed by atoms with Crippen molar-refractivity contribution in [2.45, 2.75) is 31.6 Å². The van der Waals surface area contributed by atoms with E-state index in [1.807, 2.05) is 20.8 Å². The topological polar surface area (TPSA) is 46.6 Å². The summed E-state index contributed by atoms with van der Waals surface area (Å²) in [6, 6.07) is 3.50. The van der Waals surface area contributed by atoms with Gasteiger partial charge in [0.05, 0.1) is 7.11 Å². The summed E-state index contributed by atoms with van der Waals surface area (Å²) in [6.07, 6.45) is 3.12. The molecule has 1 aromatic carbocycles. The third-order valence-electron chi connectivity index (χ3n) is 3.46. The van der Waals surface area contributed by atoms with Crippen LogP contribution in [0.4, 0.5) is 0 Å². The molecule has 0 spiro atoms.